The van der Waals surface area contributed by atoms with Crippen molar-refractivity contribution in [2.24, 2.45) is 0 Å². The number of rotatable bonds is 6. The fourth-order valence-electron chi connectivity index (χ4n) is 3.44. The molecule has 1 fully saturated rings. The van der Waals surface area contributed by atoms with E-state index in [0.29, 0.717) is 12.1 Å². The molecule has 0 saturated carbocycles. The third kappa shape index (κ3) is 3.92. The molecule has 0 aliphatic carbocycles. The number of ether oxygens (including phenoxy) is 2. The maximum atomic E-state index is 5.74. The van der Waals surface area contributed by atoms with Crippen molar-refractivity contribution < 1.29 is 9.47 Å². The van der Waals surface area contributed by atoms with Gasteiger partial charge in [-0.1, -0.05) is 42.5 Å². The zero-order valence-electron chi connectivity index (χ0n) is 13.9. The SMILES string of the molecule is COc1ccc(CN2CC[C@@H](OC)[C@@H]2Cc2ccccc2)cc1. The molecule has 0 aromatic heterocycles. The number of hydrogen-bond donors (Lipinski definition) is 0. The Morgan fingerprint density at radius 2 is 1.70 bits per heavy atom. The average molecular weight is 311 g/mol. The molecule has 0 N–H and O–H groups in total. The van der Waals surface area contributed by atoms with Crippen LogP contribution in [-0.2, 0) is 17.7 Å². The second-order valence-corrected chi connectivity index (χ2v) is 6.14. The van der Waals surface area contributed by atoms with Gasteiger partial charge in [-0.2, -0.15) is 0 Å². The van der Waals surface area contributed by atoms with E-state index in [1.165, 1.54) is 11.1 Å². The van der Waals surface area contributed by atoms with Crippen molar-refractivity contribution >= 4 is 0 Å². The fourth-order valence-corrected chi connectivity index (χ4v) is 3.44. The predicted molar refractivity (Wildman–Crippen MR) is 92.8 cm³/mol. The van der Waals surface area contributed by atoms with E-state index < -0.39 is 0 Å². The molecule has 0 unspecified atom stereocenters. The van der Waals surface area contributed by atoms with Crippen LogP contribution in [-0.4, -0.2) is 37.8 Å². The summed E-state index contributed by atoms with van der Waals surface area (Å²) in [5.74, 6) is 0.908. The lowest BCUT2D eigenvalue weighted by Gasteiger charge is -2.28. The van der Waals surface area contributed by atoms with Gasteiger partial charge in [-0.15, -0.1) is 0 Å². The lowest BCUT2D eigenvalue weighted by atomic mass is 10.0. The minimum Gasteiger partial charge on any atom is -0.497 e. The standard InChI is InChI=1S/C20H25NO2/c1-22-18-10-8-17(9-11-18)15-21-13-12-20(23-2)19(21)14-16-6-4-3-5-7-16/h3-11,19-20H,12-15H2,1-2H3/t19-,20+/m0/s1. The molecule has 23 heavy (non-hydrogen) atoms. The summed E-state index contributed by atoms with van der Waals surface area (Å²) < 4.78 is 11.0. The minimum atomic E-state index is 0.313. The average Bonchev–Trinajstić information content (AvgIpc) is 2.98. The van der Waals surface area contributed by atoms with Gasteiger partial charge in [0.2, 0.25) is 0 Å². The Hall–Kier alpha value is -1.84. The summed E-state index contributed by atoms with van der Waals surface area (Å²) >= 11 is 0. The first-order chi connectivity index (χ1) is 11.3. The Balaban J connectivity index is 1.71. The van der Waals surface area contributed by atoms with E-state index in [1.54, 1.807) is 7.11 Å². The molecule has 0 radical (unpaired) electrons. The lowest BCUT2D eigenvalue weighted by Crippen LogP contribution is -2.37. The van der Waals surface area contributed by atoms with Gasteiger partial charge in [0, 0.05) is 26.2 Å². The van der Waals surface area contributed by atoms with Gasteiger partial charge in [-0.05, 0) is 36.1 Å². The van der Waals surface area contributed by atoms with Crippen LogP contribution in [0.5, 0.6) is 5.75 Å². The van der Waals surface area contributed by atoms with Crippen LogP contribution in [0.1, 0.15) is 17.5 Å². The quantitative estimate of drug-likeness (QED) is 0.814. The number of likely N-dealkylation sites (tertiary alicyclic amines) is 1. The molecule has 1 aliphatic rings. The molecule has 2 atom stereocenters. The van der Waals surface area contributed by atoms with Crippen LogP contribution in [0.3, 0.4) is 0 Å². The van der Waals surface area contributed by atoms with Crippen LogP contribution in [0, 0.1) is 0 Å². The van der Waals surface area contributed by atoms with Crippen LogP contribution < -0.4 is 4.74 Å². The number of nitrogens with zero attached hydrogens (tertiary/aromatic N) is 1. The topological polar surface area (TPSA) is 21.7 Å². The summed E-state index contributed by atoms with van der Waals surface area (Å²) in [6.45, 7) is 2.05. The number of hydrogen-bond acceptors (Lipinski definition) is 3. The molecule has 1 aliphatic heterocycles. The Labute approximate surface area is 138 Å². The fraction of sp³-hybridized carbons (Fsp3) is 0.400. The highest BCUT2D eigenvalue weighted by Gasteiger charge is 2.34. The summed E-state index contributed by atoms with van der Waals surface area (Å²) in [5, 5.41) is 0. The summed E-state index contributed by atoms with van der Waals surface area (Å²) in [7, 11) is 3.54. The summed E-state index contributed by atoms with van der Waals surface area (Å²) in [6, 6.07) is 19.5. The highest BCUT2D eigenvalue weighted by atomic mass is 16.5. The largest absolute Gasteiger partial charge is 0.497 e. The second kappa shape index (κ2) is 7.62. The van der Waals surface area contributed by atoms with E-state index in [-0.39, 0.29) is 0 Å². The van der Waals surface area contributed by atoms with E-state index in [4.69, 9.17) is 9.47 Å². The molecule has 0 amide bonds. The van der Waals surface area contributed by atoms with Gasteiger partial charge in [0.05, 0.1) is 13.2 Å². The predicted octanol–water partition coefficient (Wildman–Crippen LogP) is 3.53. The van der Waals surface area contributed by atoms with Gasteiger partial charge in [0.25, 0.3) is 0 Å². The zero-order valence-corrected chi connectivity index (χ0v) is 13.9. The molecular weight excluding hydrogens is 286 g/mol. The molecule has 122 valence electrons. The van der Waals surface area contributed by atoms with Crippen LogP contribution >= 0.6 is 0 Å². The number of methoxy groups -OCH3 is 2. The van der Waals surface area contributed by atoms with Crippen molar-refractivity contribution in [3.8, 4) is 5.75 Å². The highest BCUT2D eigenvalue weighted by molar-refractivity contribution is 5.27. The van der Waals surface area contributed by atoms with Gasteiger partial charge in [0.15, 0.2) is 0 Å². The summed E-state index contributed by atoms with van der Waals surface area (Å²) in [5.41, 5.74) is 2.70. The van der Waals surface area contributed by atoms with E-state index in [2.05, 4.69) is 47.4 Å². The molecule has 0 bridgehead atoms. The highest BCUT2D eigenvalue weighted by Crippen LogP contribution is 2.26. The Bertz CT molecular complexity index is 597. The molecule has 3 heteroatoms. The first kappa shape index (κ1) is 16.0. The third-order valence-electron chi connectivity index (χ3n) is 4.73. The van der Waals surface area contributed by atoms with E-state index in [9.17, 15) is 0 Å². The second-order valence-electron chi connectivity index (χ2n) is 6.14. The van der Waals surface area contributed by atoms with Gasteiger partial charge >= 0.3 is 0 Å². The molecule has 1 heterocycles. The Morgan fingerprint density at radius 3 is 2.35 bits per heavy atom. The smallest absolute Gasteiger partial charge is 0.118 e. The molecular formula is C20H25NO2. The lowest BCUT2D eigenvalue weighted by molar-refractivity contribution is 0.0638. The zero-order chi connectivity index (χ0) is 16.1. The van der Waals surface area contributed by atoms with Crippen LogP contribution in [0.25, 0.3) is 0 Å². The molecule has 0 spiro atoms. The number of benzene rings is 2. The van der Waals surface area contributed by atoms with Crippen molar-refractivity contribution in [2.45, 2.75) is 31.5 Å². The van der Waals surface area contributed by atoms with Crippen molar-refractivity contribution in [1.29, 1.82) is 0 Å². The van der Waals surface area contributed by atoms with Gasteiger partial charge in [-0.25, -0.2) is 0 Å². The maximum Gasteiger partial charge on any atom is 0.118 e. The van der Waals surface area contributed by atoms with Crippen LogP contribution in [0.2, 0.25) is 0 Å². The molecule has 3 nitrogen and oxygen atoms in total. The van der Waals surface area contributed by atoms with Crippen molar-refractivity contribution in [3.05, 3.63) is 65.7 Å². The van der Waals surface area contributed by atoms with E-state index in [0.717, 1.165) is 31.7 Å². The van der Waals surface area contributed by atoms with Crippen molar-refractivity contribution in [1.82, 2.24) is 4.90 Å². The van der Waals surface area contributed by atoms with Crippen LogP contribution in [0.15, 0.2) is 54.6 Å². The first-order valence-electron chi connectivity index (χ1n) is 8.24. The normalized spacial score (nSPS) is 21.5. The molecule has 1 saturated heterocycles. The monoisotopic (exact) mass is 311 g/mol. The van der Waals surface area contributed by atoms with Gasteiger partial charge < -0.3 is 9.47 Å². The molecule has 2 aromatic carbocycles. The third-order valence-corrected chi connectivity index (χ3v) is 4.73. The van der Waals surface area contributed by atoms with E-state index in [1.807, 2.05) is 19.2 Å². The maximum absolute atomic E-state index is 5.74. The first-order valence-corrected chi connectivity index (χ1v) is 8.24. The Morgan fingerprint density at radius 1 is 0.957 bits per heavy atom. The van der Waals surface area contributed by atoms with Gasteiger partial charge in [0.1, 0.15) is 5.75 Å². The van der Waals surface area contributed by atoms with Crippen LogP contribution in [0.4, 0.5) is 0 Å². The van der Waals surface area contributed by atoms with Gasteiger partial charge in [-0.3, -0.25) is 4.90 Å². The summed E-state index contributed by atoms with van der Waals surface area (Å²) in [4.78, 5) is 2.54. The Kier molecular flexibility index (Phi) is 5.31. The van der Waals surface area contributed by atoms with E-state index >= 15 is 0 Å². The van der Waals surface area contributed by atoms with Crippen molar-refractivity contribution in [2.75, 3.05) is 20.8 Å². The molecule has 2 aromatic rings. The minimum absolute atomic E-state index is 0.313. The molecule has 3 rings (SSSR count). The summed E-state index contributed by atoms with van der Waals surface area (Å²) in [6.07, 6.45) is 2.45. The van der Waals surface area contributed by atoms with Crippen molar-refractivity contribution in [3.63, 3.8) is 0 Å².